The molecule has 110 valence electrons. The van der Waals surface area contributed by atoms with Crippen LogP contribution >= 0.6 is 0 Å². The highest BCUT2D eigenvalue weighted by Gasteiger charge is 2.29. The quantitative estimate of drug-likeness (QED) is 0.915. The molecule has 3 heterocycles. The summed E-state index contributed by atoms with van der Waals surface area (Å²) in [5.41, 5.74) is 0.727. The van der Waals surface area contributed by atoms with E-state index in [-0.39, 0.29) is 5.91 Å². The molecule has 2 aromatic rings. The van der Waals surface area contributed by atoms with Crippen LogP contribution in [0.15, 0.2) is 36.9 Å². The smallest absolute Gasteiger partial charge is 0.255 e. The molecule has 0 radical (unpaired) electrons. The number of hydrogen-bond acceptors (Lipinski definition) is 4. The van der Waals surface area contributed by atoms with Gasteiger partial charge in [0.05, 0.1) is 12.1 Å². The summed E-state index contributed by atoms with van der Waals surface area (Å²) in [4.78, 5) is 27.9. The highest BCUT2D eigenvalue weighted by Crippen LogP contribution is 2.18. The van der Waals surface area contributed by atoms with E-state index < -0.39 is 0 Å². The fourth-order valence-electron chi connectivity index (χ4n) is 2.69. The molecule has 0 bridgehead atoms. The molecule has 3 rings (SSSR count). The van der Waals surface area contributed by atoms with Crippen LogP contribution in [-0.4, -0.2) is 56.8 Å². The molecule has 1 aliphatic heterocycles. The third-order valence-corrected chi connectivity index (χ3v) is 3.93. The largest absolute Gasteiger partial charge is 0.367 e. The lowest BCUT2D eigenvalue weighted by Crippen LogP contribution is -2.36. The zero-order valence-corrected chi connectivity index (χ0v) is 12.1. The third kappa shape index (κ3) is 3.11. The molecular formula is C15H19N5O. The highest BCUT2D eigenvalue weighted by atomic mass is 16.2. The lowest BCUT2D eigenvalue weighted by atomic mass is 10.2. The van der Waals surface area contributed by atoms with E-state index in [1.165, 1.54) is 0 Å². The van der Waals surface area contributed by atoms with Crippen LogP contribution in [0.4, 0.5) is 0 Å². The number of nitrogens with zero attached hydrogens (tertiary/aromatic N) is 4. The monoisotopic (exact) mass is 285 g/mol. The number of hydrogen-bond donors (Lipinski definition) is 1. The van der Waals surface area contributed by atoms with Crippen molar-refractivity contribution in [1.29, 1.82) is 0 Å². The molecule has 1 aliphatic rings. The van der Waals surface area contributed by atoms with E-state index in [0.29, 0.717) is 12.6 Å². The normalized spacial score (nSPS) is 18.4. The van der Waals surface area contributed by atoms with Gasteiger partial charge in [-0.3, -0.25) is 9.69 Å². The second kappa shape index (κ2) is 6.05. The Hall–Kier alpha value is -2.21. The Balaban J connectivity index is 1.58. The molecule has 0 spiro atoms. The Morgan fingerprint density at radius 1 is 1.48 bits per heavy atom. The number of likely N-dealkylation sites (tertiary alicyclic amines) is 1. The summed E-state index contributed by atoms with van der Waals surface area (Å²) in [5, 5.41) is 0. The predicted molar refractivity (Wildman–Crippen MR) is 78.6 cm³/mol. The molecule has 1 amide bonds. The maximum Gasteiger partial charge on any atom is 0.255 e. The number of carbonyl (C=O) groups is 1. The summed E-state index contributed by atoms with van der Waals surface area (Å²) in [6, 6.07) is 3.99. The van der Waals surface area contributed by atoms with Gasteiger partial charge in [0, 0.05) is 43.9 Å². The van der Waals surface area contributed by atoms with Crippen molar-refractivity contribution in [2.45, 2.75) is 19.0 Å². The second-order valence-electron chi connectivity index (χ2n) is 5.37. The van der Waals surface area contributed by atoms with Gasteiger partial charge in [-0.1, -0.05) is 0 Å². The minimum Gasteiger partial charge on any atom is -0.367 e. The predicted octanol–water partition coefficient (Wildman–Crippen LogP) is 1.15. The Labute approximate surface area is 123 Å². The Morgan fingerprint density at radius 3 is 3.00 bits per heavy atom. The van der Waals surface area contributed by atoms with Crippen molar-refractivity contribution >= 4 is 5.91 Å². The van der Waals surface area contributed by atoms with E-state index in [1.54, 1.807) is 24.8 Å². The maximum absolute atomic E-state index is 12.3. The van der Waals surface area contributed by atoms with E-state index in [0.717, 1.165) is 30.9 Å². The number of rotatable bonds is 4. The molecule has 1 N–H and O–H groups in total. The fourth-order valence-corrected chi connectivity index (χ4v) is 2.69. The number of amides is 1. The first-order chi connectivity index (χ1) is 10.2. The van der Waals surface area contributed by atoms with Gasteiger partial charge in [-0.15, -0.1) is 0 Å². The lowest BCUT2D eigenvalue weighted by Gasteiger charge is -2.23. The van der Waals surface area contributed by atoms with Crippen molar-refractivity contribution in [2.24, 2.45) is 0 Å². The fraction of sp³-hybridized carbons (Fsp3) is 0.400. The Morgan fingerprint density at radius 2 is 2.29 bits per heavy atom. The molecule has 21 heavy (non-hydrogen) atoms. The van der Waals surface area contributed by atoms with E-state index in [1.807, 2.05) is 17.0 Å². The van der Waals surface area contributed by atoms with E-state index in [9.17, 15) is 4.79 Å². The van der Waals surface area contributed by atoms with Gasteiger partial charge >= 0.3 is 0 Å². The number of aromatic amines is 1. The molecule has 0 unspecified atom stereocenters. The van der Waals surface area contributed by atoms with Crippen molar-refractivity contribution < 1.29 is 4.79 Å². The van der Waals surface area contributed by atoms with Crippen LogP contribution in [-0.2, 0) is 6.54 Å². The number of H-pyrrole nitrogens is 1. The molecule has 1 fully saturated rings. The minimum atomic E-state index is 0.100. The topological polar surface area (TPSA) is 65.1 Å². The van der Waals surface area contributed by atoms with Gasteiger partial charge in [0.25, 0.3) is 5.91 Å². The summed E-state index contributed by atoms with van der Waals surface area (Å²) >= 11 is 0. The van der Waals surface area contributed by atoms with Crippen LogP contribution in [0.25, 0.3) is 0 Å². The molecular weight excluding hydrogens is 266 g/mol. The summed E-state index contributed by atoms with van der Waals surface area (Å²) in [7, 11) is 2.06. The van der Waals surface area contributed by atoms with Crippen LogP contribution in [0.5, 0.6) is 0 Å². The summed E-state index contributed by atoms with van der Waals surface area (Å²) in [5.74, 6) is 0.915. The maximum atomic E-state index is 12.3. The van der Waals surface area contributed by atoms with Crippen molar-refractivity contribution in [3.63, 3.8) is 0 Å². The van der Waals surface area contributed by atoms with Gasteiger partial charge in [0.15, 0.2) is 0 Å². The first kappa shape index (κ1) is 13.8. The average Bonchev–Trinajstić information content (AvgIpc) is 3.19. The van der Waals surface area contributed by atoms with Gasteiger partial charge in [-0.2, -0.15) is 0 Å². The van der Waals surface area contributed by atoms with Crippen LogP contribution in [0.2, 0.25) is 0 Å². The summed E-state index contributed by atoms with van der Waals surface area (Å²) in [6.45, 7) is 2.26. The van der Waals surface area contributed by atoms with Crippen molar-refractivity contribution in [2.75, 3.05) is 20.1 Å². The summed E-state index contributed by atoms with van der Waals surface area (Å²) in [6.07, 6.45) is 8.02. The Bertz CT molecular complexity index is 583. The standard InChI is InChI=1S/C15H19N5O/c1-19(11-14-17-5-2-6-18-14)13-4-8-20(10-13)15(21)12-3-7-16-9-12/h2-3,5-7,9,13,16H,4,8,10-11H2,1H3/t13-/m0/s1. The van der Waals surface area contributed by atoms with Crippen molar-refractivity contribution in [1.82, 2.24) is 24.8 Å². The van der Waals surface area contributed by atoms with Crippen LogP contribution in [0, 0.1) is 0 Å². The minimum absolute atomic E-state index is 0.100. The van der Waals surface area contributed by atoms with Crippen LogP contribution in [0.3, 0.4) is 0 Å². The molecule has 0 aromatic carbocycles. The average molecular weight is 285 g/mol. The molecule has 6 heteroatoms. The van der Waals surface area contributed by atoms with E-state index in [4.69, 9.17) is 0 Å². The van der Waals surface area contributed by atoms with Gasteiger partial charge in [0.1, 0.15) is 5.82 Å². The molecule has 0 aliphatic carbocycles. The van der Waals surface area contributed by atoms with Gasteiger partial charge in [-0.25, -0.2) is 9.97 Å². The molecule has 1 saturated heterocycles. The molecule has 0 saturated carbocycles. The first-order valence-electron chi connectivity index (χ1n) is 7.12. The van der Waals surface area contributed by atoms with Gasteiger partial charge < -0.3 is 9.88 Å². The van der Waals surface area contributed by atoms with Crippen LogP contribution in [0.1, 0.15) is 22.6 Å². The summed E-state index contributed by atoms with van der Waals surface area (Å²) < 4.78 is 0. The second-order valence-corrected chi connectivity index (χ2v) is 5.37. The van der Waals surface area contributed by atoms with Gasteiger partial charge in [-0.05, 0) is 25.6 Å². The lowest BCUT2D eigenvalue weighted by molar-refractivity contribution is 0.0779. The number of likely N-dealkylation sites (N-methyl/N-ethyl adjacent to an activating group) is 1. The SMILES string of the molecule is CN(Cc1ncccn1)[C@H]1CCN(C(=O)c2cc[nH]c2)C1. The Kier molecular flexibility index (Phi) is 3.96. The van der Waals surface area contributed by atoms with Gasteiger partial charge in [0.2, 0.25) is 0 Å². The number of aromatic nitrogens is 3. The van der Waals surface area contributed by atoms with Crippen LogP contribution < -0.4 is 0 Å². The zero-order chi connectivity index (χ0) is 14.7. The number of carbonyl (C=O) groups excluding carboxylic acids is 1. The third-order valence-electron chi connectivity index (χ3n) is 3.93. The number of nitrogens with one attached hydrogen (secondary N) is 1. The molecule has 2 aromatic heterocycles. The van der Waals surface area contributed by atoms with Crippen molar-refractivity contribution in [3.8, 4) is 0 Å². The zero-order valence-electron chi connectivity index (χ0n) is 12.1. The first-order valence-corrected chi connectivity index (χ1v) is 7.12. The van der Waals surface area contributed by atoms with E-state index >= 15 is 0 Å². The van der Waals surface area contributed by atoms with Crippen molar-refractivity contribution in [3.05, 3.63) is 48.3 Å². The van der Waals surface area contributed by atoms with E-state index in [2.05, 4.69) is 26.9 Å². The molecule has 1 atom stereocenters. The highest BCUT2D eigenvalue weighted by molar-refractivity contribution is 5.94. The molecule has 6 nitrogen and oxygen atoms in total.